The van der Waals surface area contributed by atoms with Gasteiger partial charge < -0.3 is 20.1 Å². The summed E-state index contributed by atoms with van der Waals surface area (Å²) < 4.78 is 5.98. The molecule has 9 heteroatoms. The zero-order valence-corrected chi connectivity index (χ0v) is 19.1. The lowest BCUT2D eigenvalue weighted by atomic mass is 9.82. The highest BCUT2D eigenvalue weighted by atomic mass is 16.6. The van der Waals surface area contributed by atoms with E-state index in [-0.39, 0.29) is 34.1 Å². The Balaban J connectivity index is 1.77. The molecule has 9 nitrogen and oxygen atoms in total. The zero-order valence-electron chi connectivity index (χ0n) is 19.1. The molecule has 3 aromatic rings. The van der Waals surface area contributed by atoms with Crippen LogP contribution in [0.25, 0.3) is 0 Å². The molecular weight excluding hydrogens is 438 g/mol. The maximum Gasteiger partial charge on any atom is 0.280 e. The number of amides is 1. The van der Waals surface area contributed by atoms with Crippen LogP contribution in [0.3, 0.4) is 0 Å². The summed E-state index contributed by atoms with van der Waals surface area (Å²) in [7, 11) is 0. The Morgan fingerprint density at radius 2 is 1.97 bits per heavy atom. The second-order valence-electron chi connectivity index (χ2n) is 9.12. The molecule has 0 radical (unpaired) electrons. The minimum Gasteiger partial charge on any atom is -0.454 e. The number of aryl methyl sites for hydroxylation is 1. The molecule has 34 heavy (non-hydrogen) atoms. The molecule has 0 spiro atoms. The fourth-order valence-electron chi connectivity index (χ4n) is 4.94. The van der Waals surface area contributed by atoms with E-state index in [1.165, 1.54) is 18.2 Å². The number of nitro groups is 1. The third-order valence-corrected chi connectivity index (χ3v) is 6.93. The van der Waals surface area contributed by atoms with Gasteiger partial charge in [-0.15, -0.1) is 0 Å². The van der Waals surface area contributed by atoms with E-state index in [2.05, 4.69) is 10.3 Å². The fraction of sp³-hybridized carbons (Fsp3) is 0.280. The van der Waals surface area contributed by atoms with Crippen LogP contribution in [0, 0.1) is 24.0 Å². The lowest BCUT2D eigenvalue weighted by Gasteiger charge is -2.34. The SMILES string of the molecule is Cc1c[nH]c(C(=O)NC23C(=O)c4cccc([N+](=O)[O-])c4C2(O)Oc2cc(C(C)C)ccc23)c1C. The topological polar surface area (TPSA) is 135 Å². The molecule has 1 aromatic heterocycles. The monoisotopic (exact) mass is 461 g/mol. The second kappa shape index (κ2) is 7.01. The smallest absolute Gasteiger partial charge is 0.280 e. The fourth-order valence-corrected chi connectivity index (χ4v) is 4.94. The highest BCUT2D eigenvalue weighted by molar-refractivity contribution is 6.14. The molecule has 2 aromatic carbocycles. The number of hydrogen-bond donors (Lipinski definition) is 3. The van der Waals surface area contributed by atoms with Gasteiger partial charge in [-0.05, 0) is 42.5 Å². The zero-order chi connectivity index (χ0) is 24.6. The minimum absolute atomic E-state index is 0.0741. The normalized spacial score (nSPS) is 22.2. The molecule has 1 aliphatic heterocycles. The number of aromatic nitrogens is 1. The highest BCUT2D eigenvalue weighted by Gasteiger charge is 2.73. The average molecular weight is 461 g/mol. The Labute approximate surface area is 194 Å². The molecule has 1 aliphatic carbocycles. The Morgan fingerprint density at radius 3 is 2.59 bits per heavy atom. The van der Waals surface area contributed by atoms with Gasteiger partial charge in [-0.3, -0.25) is 19.7 Å². The maximum atomic E-state index is 13.9. The molecule has 2 unspecified atom stereocenters. The van der Waals surface area contributed by atoms with Crippen LogP contribution in [0.5, 0.6) is 5.75 Å². The molecule has 5 rings (SSSR count). The molecule has 1 amide bonds. The Hall–Kier alpha value is -3.98. The number of ether oxygens (including phenoxy) is 1. The molecule has 3 N–H and O–H groups in total. The van der Waals surface area contributed by atoms with Gasteiger partial charge >= 0.3 is 0 Å². The van der Waals surface area contributed by atoms with E-state index in [4.69, 9.17) is 4.74 Å². The first-order valence-corrected chi connectivity index (χ1v) is 10.9. The van der Waals surface area contributed by atoms with E-state index < -0.39 is 33.6 Å². The van der Waals surface area contributed by atoms with Gasteiger partial charge in [0.2, 0.25) is 11.3 Å². The maximum absolute atomic E-state index is 13.9. The largest absolute Gasteiger partial charge is 0.454 e. The molecule has 174 valence electrons. The first kappa shape index (κ1) is 21.8. The van der Waals surface area contributed by atoms with Crippen LogP contribution in [0.15, 0.2) is 42.6 Å². The summed E-state index contributed by atoms with van der Waals surface area (Å²) >= 11 is 0. The number of aliphatic hydroxyl groups is 1. The van der Waals surface area contributed by atoms with Crippen molar-refractivity contribution < 1.29 is 24.4 Å². The summed E-state index contributed by atoms with van der Waals surface area (Å²) in [5, 5.41) is 26.5. The number of ketones is 1. The summed E-state index contributed by atoms with van der Waals surface area (Å²) in [5.74, 6) is -3.52. The number of aromatic amines is 1. The van der Waals surface area contributed by atoms with Crippen LogP contribution < -0.4 is 10.1 Å². The number of hydrogen-bond acceptors (Lipinski definition) is 6. The predicted octanol–water partition coefficient (Wildman–Crippen LogP) is 3.72. The Morgan fingerprint density at radius 1 is 1.24 bits per heavy atom. The third kappa shape index (κ3) is 2.58. The number of nitro benzene ring substituents is 1. The van der Waals surface area contributed by atoms with Gasteiger partial charge in [0.1, 0.15) is 17.0 Å². The van der Waals surface area contributed by atoms with Crippen molar-refractivity contribution in [3.05, 3.63) is 91.8 Å². The second-order valence-corrected chi connectivity index (χ2v) is 9.12. The quantitative estimate of drug-likeness (QED) is 0.400. The van der Waals surface area contributed by atoms with Crippen molar-refractivity contribution in [3.8, 4) is 5.75 Å². The lowest BCUT2D eigenvalue weighted by Crippen LogP contribution is -2.60. The number of carbonyl (C=O) groups excluding carboxylic acids is 2. The number of benzene rings is 2. The Kier molecular flexibility index (Phi) is 4.50. The van der Waals surface area contributed by atoms with E-state index in [1.54, 1.807) is 31.3 Å². The summed E-state index contributed by atoms with van der Waals surface area (Å²) in [6, 6.07) is 9.08. The summed E-state index contributed by atoms with van der Waals surface area (Å²) in [6.07, 6.45) is 1.66. The number of H-pyrrole nitrogens is 1. The molecule has 0 fully saturated rings. The van der Waals surface area contributed by atoms with Crippen molar-refractivity contribution in [2.24, 2.45) is 0 Å². The van der Waals surface area contributed by atoms with Crippen LogP contribution >= 0.6 is 0 Å². The Bertz CT molecular complexity index is 1410. The number of nitrogens with one attached hydrogen (secondary N) is 2. The van der Waals surface area contributed by atoms with Crippen molar-refractivity contribution >= 4 is 17.4 Å². The van der Waals surface area contributed by atoms with Crippen LogP contribution in [0.4, 0.5) is 5.69 Å². The van der Waals surface area contributed by atoms with Gasteiger partial charge in [-0.1, -0.05) is 38.1 Å². The highest BCUT2D eigenvalue weighted by Crippen LogP contribution is 2.60. The van der Waals surface area contributed by atoms with Gasteiger partial charge in [-0.2, -0.15) is 0 Å². The molecule has 2 aliphatic rings. The molecule has 2 heterocycles. The number of fused-ring (bicyclic) bond motifs is 5. The number of carbonyl (C=O) groups is 2. The predicted molar refractivity (Wildman–Crippen MR) is 122 cm³/mol. The van der Waals surface area contributed by atoms with E-state index >= 15 is 0 Å². The standard InChI is InChI=1S/C25H23N3O6/c1-12(2)15-8-9-17-19(10-15)34-25(31)20-16(6-5-7-18(20)28(32)33)22(29)24(17,25)27-23(30)21-14(4)13(3)11-26-21/h5-12,26,31H,1-4H3,(H,27,30). The first-order valence-electron chi connectivity index (χ1n) is 10.9. The first-order chi connectivity index (χ1) is 16.0. The number of rotatable bonds is 4. The van der Waals surface area contributed by atoms with Crippen molar-refractivity contribution in [3.63, 3.8) is 0 Å². The van der Waals surface area contributed by atoms with Crippen LogP contribution in [0.2, 0.25) is 0 Å². The van der Waals surface area contributed by atoms with E-state index in [1.807, 2.05) is 20.8 Å². The summed E-state index contributed by atoms with van der Waals surface area (Å²) in [4.78, 5) is 41.4. The number of Topliss-reactive ketones (excluding diaryl/α,β-unsaturated/α-hetero) is 1. The third-order valence-electron chi connectivity index (χ3n) is 6.93. The van der Waals surface area contributed by atoms with E-state index in [0.717, 1.165) is 11.1 Å². The van der Waals surface area contributed by atoms with Crippen molar-refractivity contribution in [1.29, 1.82) is 0 Å². The van der Waals surface area contributed by atoms with Crippen LogP contribution in [-0.2, 0) is 11.3 Å². The van der Waals surface area contributed by atoms with Crippen LogP contribution in [-0.4, -0.2) is 26.7 Å². The minimum atomic E-state index is -2.51. The van der Waals surface area contributed by atoms with Gasteiger partial charge in [0.25, 0.3) is 17.4 Å². The van der Waals surface area contributed by atoms with Gasteiger partial charge in [0.05, 0.1) is 4.92 Å². The molecular formula is C25H23N3O6. The molecule has 0 saturated carbocycles. The van der Waals surface area contributed by atoms with Crippen LogP contribution in [0.1, 0.15) is 68.4 Å². The molecule has 0 bridgehead atoms. The summed E-state index contributed by atoms with van der Waals surface area (Å²) in [5.41, 5.74) is -0.0385. The van der Waals surface area contributed by atoms with Gasteiger partial charge in [0.15, 0.2) is 0 Å². The molecule has 2 atom stereocenters. The van der Waals surface area contributed by atoms with Gasteiger partial charge in [-0.25, -0.2) is 0 Å². The van der Waals surface area contributed by atoms with Crippen molar-refractivity contribution in [1.82, 2.24) is 10.3 Å². The average Bonchev–Trinajstić information content (AvgIpc) is 3.32. The van der Waals surface area contributed by atoms with E-state index in [9.17, 15) is 24.8 Å². The summed E-state index contributed by atoms with van der Waals surface area (Å²) in [6.45, 7) is 7.55. The van der Waals surface area contributed by atoms with E-state index in [0.29, 0.717) is 5.56 Å². The van der Waals surface area contributed by atoms with Crippen molar-refractivity contribution in [2.75, 3.05) is 0 Å². The number of nitrogens with zero attached hydrogens (tertiary/aromatic N) is 1. The van der Waals surface area contributed by atoms with Gasteiger partial charge in [0, 0.05) is 23.4 Å². The molecule has 0 saturated heterocycles. The lowest BCUT2D eigenvalue weighted by molar-refractivity contribution is -0.388. The van der Waals surface area contributed by atoms with Crippen molar-refractivity contribution in [2.45, 2.75) is 44.9 Å².